The van der Waals surface area contributed by atoms with Gasteiger partial charge in [0, 0.05) is 19.6 Å². The summed E-state index contributed by atoms with van der Waals surface area (Å²) >= 11 is 0. The van der Waals surface area contributed by atoms with Gasteiger partial charge in [-0.3, -0.25) is 10.7 Å². The van der Waals surface area contributed by atoms with Gasteiger partial charge in [-0.25, -0.2) is 10.0 Å². The highest BCUT2D eigenvalue weighted by molar-refractivity contribution is 6.70. The van der Waals surface area contributed by atoms with Gasteiger partial charge in [0.1, 0.15) is 17.7 Å². The Labute approximate surface area is 148 Å². The molecule has 1 atom stereocenters. The topological polar surface area (TPSA) is 108 Å². The molecule has 0 fully saturated rings. The van der Waals surface area contributed by atoms with E-state index in [2.05, 4.69) is 15.4 Å². The Kier molecular flexibility index (Phi) is 6.77. The van der Waals surface area contributed by atoms with E-state index in [0.29, 0.717) is 42.4 Å². The molecular weight excluding hydrogens is 320 g/mol. The van der Waals surface area contributed by atoms with Crippen LogP contribution in [0.2, 0.25) is 0 Å². The molecule has 8 nitrogen and oxygen atoms in total. The Balaban J connectivity index is 2.20. The van der Waals surface area contributed by atoms with E-state index in [0.717, 1.165) is 5.71 Å². The molecule has 8 heteroatoms. The minimum atomic E-state index is -0.833. The zero-order valence-corrected chi connectivity index (χ0v) is 14.9. The highest BCUT2D eigenvalue weighted by atomic mass is 16.3. The van der Waals surface area contributed by atoms with E-state index in [-0.39, 0.29) is 6.61 Å². The Hall–Kier alpha value is -2.13. The van der Waals surface area contributed by atoms with Crippen LogP contribution in [0, 0.1) is 5.41 Å². The molecule has 0 amide bonds. The lowest BCUT2D eigenvalue weighted by Gasteiger charge is -2.12. The number of aliphatic hydroxyl groups excluding tert-OH is 2. The van der Waals surface area contributed by atoms with Gasteiger partial charge in [-0.2, -0.15) is 5.10 Å². The van der Waals surface area contributed by atoms with Crippen molar-refractivity contribution < 1.29 is 10.2 Å². The van der Waals surface area contributed by atoms with Crippen LogP contribution in [-0.4, -0.2) is 77.7 Å². The summed E-state index contributed by atoms with van der Waals surface area (Å²) in [5.41, 5.74) is 2.73. The van der Waals surface area contributed by atoms with Gasteiger partial charge in [-0.15, -0.1) is 0 Å². The predicted molar refractivity (Wildman–Crippen MR) is 99.7 cm³/mol. The first-order valence-corrected chi connectivity index (χ1v) is 8.26. The SMILES string of the molecule is CCN1N=C(CN(C)C)C(=Nc2ccc(C(O)NCCO)cc2)C1=N. The zero-order valence-electron chi connectivity index (χ0n) is 14.9. The third-order valence-electron chi connectivity index (χ3n) is 3.66. The molecule has 1 heterocycles. The van der Waals surface area contributed by atoms with Crippen LogP contribution in [0.5, 0.6) is 0 Å². The van der Waals surface area contributed by atoms with Gasteiger partial charge in [0.25, 0.3) is 0 Å². The average Bonchev–Trinajstić information content (AvgIpc) is 2.88. The summed E-state index contributed by atoms with van der Waals surface area (Å²) in [7, 11) is 3.90. The van der Waals surface area contributed by atoms with Crippen LogP contribution < -0.4 is 5.32 Å². The molecule has 0 aromatic heterocycles. The van der Waals surface area contributed by atoms with E-state index in [4.69, 9.17) is 10.5 Å². The van der Waals surface area contributed by atoms with Gasteiger partial charge in [0.05, 0.1) is 12.3 Å². The first-order valence-electron chi connectivity index (χ1n) is 8.26. The number of rotatable bonds is 8. The van der Waals surface area contributed by atoms with Gasteiger partial charge in [-0.1, -0.05) is 12.1 Å². The number of benzene rings is 1. The minimum Gasteiger partial charge on any atom is -0.395 e. The van der Waals surface area contributed by atoms with Crippen LogP contribution in [-0.2, 0) is 0 Å². The zero-order chi connectivity index (χ0) is 18.4. The van der Waals surface area contributed by atoms with Crippen LogP contribution in [0.1, 0.15) is 18.7 Å². The van der Waals surface area contributed by atoms with Crippen LogP contribution in [0.4, 0.5) is 5.69 Å². The minimum absolute atomic E-state index is 0.0349. The summed E-state index contributed by atoms with van der Waals surface area (Å²) in [5, 5.41) is 35.9. The standard InChI is InChI=1S/C17H26N6O2/c1-4-23-16(18)15(14(21-23)11-22(2)3)20-13-7-5-12(6-8-13)17(25)19-9-10-24/h5-8,17-19,24-25H,4,9-11H2,1-3H3. The third kappa shape index (κ3) is 4.93. The number of hydrogen-bond acceptors (Lipinski definition) is 7. The van der Waals surface area contributed by atoms with E-state index in [9.17, 15) is 5.11 Å². The van der Waals surface area contributed by atoms with Gasteiger partial charge < -0.3 is 15.1 Å². The molecule has 0 aliphatic carbocycles. The second-order valence-electron chi connectivity index (χ2n) is 5.98. The lowest BCUT2D eigenvalue weighted by molar-refractivity contribution is 0.129. The van der Waals surface area contributed by atoms with E-state index in [1.807, 2.05) is 25.9 Å². The predicted octanol–water partition coefficient (Wildman–Crippen LogP) is 0.562. The van der Waals surface area contributed by atoms with Crippen LogP contribution in [0.15, 0.2) is 34.4 Å². The molecular formula is C17H26N6O2. The molecule has 0 spiro atoms. The molecule has 2 rings (SSSR count). The maximum atomic E-state index is 9.95. The molecule has 0 saturated carbocycles. The van der Waals surface area contributed by atoms with Crippen molar-refractivity contribution in [1.82, 2.24) is 15.2 Å². The molecule has 136 valence electrons. The van der Waals surface area contributed by atoms with Gasteiger partial charge in [0.2, 0.25) is 0 Å². The Morgan fingerprint density at radius 2 is 2.00 bits per heavy atom. The lowest BCUT2D eigenvalue weighted by Crippen LogP contribution is -2.30. The van der Waals surface area contributed by atoms with Crippen molar-refractivity contribution in [3.8, 4) is 0 Å². The second-order valence-corrected chi connectivity index (χ2v) is 5.98. The summed E-state index contributed by atoms with van der Waals surface area (Å²) in [6, 6.07) is 7.13. The van der Waals surface area contributed by atoms with Crippen LogP contribution in [0.25, 0.3) is 0 Å². The van der Waals surface area contributed by atoms with E-state index in [1.165, 1.54) is 0 Å². The van der Waals surface area contributed by atoms with Crippen molar-refractivity contribution in [1.29, 1.82) is 5.41 Å². The summed E-state index contributed by atoms with van der Waals surface area (Å²) in [5.74, 6) is 0.299. The molecule has 1 aliphatic rings. The number of aliphatic imine (C=N–C) groups is 1. The fraction of sp³-hybridized carbons (Fsp3) is 0.471. The van der Waals surface area contributed by atoms with Gasteiger partial charge in [-0.05, 0) is 38.7 Å². The quantitative estimate of drug-likeness (QED) is 0.515. The Morgan fingerprint density at radius 3 is 2.56 bits per heavy atom. The van der Waals surface area contributed by atoms with Gasteiger partial charge in [0.15, 0.2) is 5.84 Å². The van der Waals surface area contributed by atoms with Crippen LogP contribution >= 0.6 is 0 Å². The number of hydrogen-bond donors (Lipinski definition) is 4. The number of nitrogens with one attached hydrogen (secondary N) is 2. The smallest absolute Gasteiger partial charge is 0.169 e. The number of aliphatic hydroxyl groups is 2. The number of nitrogens with zero attached hydrogens (tertiary/aromatic N) is 4. The normalized spacial score (nSPS) is 17.5. The second kappa shape index (κ2) is 8.82. The molecule has 25 heavy (non-hydrogen) atoms. The van der Waals surface area contributed by atoms with Crippen molar-refractivity contribution in [2.75, 3.05) is 40.3 Å². The van der Waals surface area contributed by atoms with Gasteiger partial charge >= 0.3 is 0 Å². The largest absolute Gasteiger partial charge is 0.395 e. The summed E-state index contributed by atoms with van der Waals surface area (Å²) in [6.45, 7) is 3.46. The summed E-state index contributed by atoms with van der Waals surface area (Å²) in [4.78, 5) is 6.58. The lowest BCUT2D eigenvalue weighted by atomic mass is 10.1. The van der Waals surface area contributed by atoms with Crippen molar-refractivity contribution in [2.45, 2.75) is 13.2 Å². The maximum Gasteiger partial charge on any atom is 0.169 e. The highest BCUT2D eigenvalue weighted by Gasteiger charge is 2.27. The molecule has 0 bridgehead atoms. The van der Waals surface area contributed by atoms with E-state index in [1.54, 1.807) is 29.3 Å². The molecule has 1 aromatic carbocycles. The highest BCUT2D eigenvalue weighted by Crippen LogP contribution is 2.19. The van der Waals surface area contributed by atoms with Crippen molar-refractivity contribution in [3.63, 3.8) is 0 Å². The van der Waals surface area contributed by atoms with E-state index >= 15 is 0 Å². The first-order chi connectivity index (χ1) is 12.0. The Bertz CT molecular complexity index is 654. The molecule has 1 aromatic rings. The first kappa shape index (κ1) is 19.2. The summed E-state index contributed by atoms with van der Waals surface area (Å²) in [6.07, 6.45) is -0.833. The van der Waals surface area contributed by atoms with E-state index < -0.39 is 6.23 Å². The van der Waals surface area contributed by atoms with Crippen molar-refractivity contribution >= 4 is 22.9 Å². The van der Waals surface area contributed by atoms with Crippen molar-refractivity contribution in [2.24, 2.45) is 10.1 Å². The summed E-state index contributed by atoms with van der Waals surface area (Å²) < 4.78 is 0. The molecule has 1 unspecified atom stereocenters. The fourth-order valence-electron chi connectivity index (χ4n) is 2.43. The molecule has 0 saturated heterocycles. The molecule has 1 aliphatic heterocycles. The van der Waals surface area contributed by atoms with Crippen LogP contribution in [0.3, 0.4) is 0 Å². The fourth-order valence-corrected chi connectivity index (χ4v) is 2.43. The molecule has 4 N–H and O–H groups in total. The average molecular weight is 346 g/mol. The Morgan fingerprint density at radius 1 is 1.32 bits per heavy atom. The molecule has 0 radical (unpaired) electrons. The van der Waals surface area contributed by atoms with Crippen molar-refractivity contribution in [3.05, 3.63) is 29.8 Å². The number of hydrazone groups is 1. The number of amidine groups is 1. The maximum absolute atomic E-state index is 9.95. The monoisotopic (exact) mass is 346 g/mol. The third-order valence-corrected chi connectivity index (χ3v) is 3.66.